The lowest BCUT2D eigenvalue weighted by Gasteiger charge is -2.16. The number of nitrogens with one attached hydrogen (secondary N) is 2. The molecule has 0 aliphatic carbocycles. The second-order valence-electron chi connectivity index (χ2n) is 4.97. The Morgan fingerprint density at radius 1 is 1.37 bits per heavy atom. The Balaban J connectivity index is 1.52. The molecule has 1 aliphatic rings. The summed E-state index contributed by atoms with van der Waals surface area (Å²) in [7, 11) is 0. The molecule has 3 rings (SSSR count). The van der Waals surface area contributed by atoms with Crippen molar-refractivity contribution in [2.75, 3.05) is 19.6 Å². The van der Waals surface area contributed by atoms with Gasteiger partial charge in [-0.1, -0.05) is 12.1 Å². The second kappa shape index (κ2) is 5.30. The van der Waals surface area contributed by atoms with Gasteiger partial charge in [-0.2, -0.15) is 5.10 Å². The van der Waals surface area contributed by atoms with Crippen molar-refractivity contribution < 1.29 is 4.79 Å². The summed E-state index contributed by atoms with van der Waals surface area (Å²) in [5.41, 5.74) is 2.25. The van der Waals surface area contributed by atoms with E-state index in [2.05, 4.69) is 33.7 Å². The molecule has 1 fully saturated rings. The summed E-state index contributed by atoms with van der Waals surface area (Å²) >= 11 is 0. The van der Waals surface area contributed by atoms with Crippen molar-refractivity contribution in [3.8, 4) is 0 Å². The van der Waals surface area contributed by atoms with Crippen molar-refractivity contribution in [3.63, 3.8) is 0 Å². The monoisotopic (exact) mass is 258 g/mol. The lowest BCUT2D eigenvalue weighted by atomic mass is 10.1. The molecule has 0 bridgehead atoms. The van der Waals surface area contributed by atoms with Gasteiger partial charge in [-0.25, -0.2) is 4.79 Å². The topological polar surface area (TPSA) is 61.0 Å². The molecule has 1 aromatic carbocycles. The van der Waals surface area contributed by atoms with Crippen LogP contribution < -0.4 is 5.32 Å². The fraction of sp³-hybridized carbons (Fsp3) is 0.429. The fourth-order valence-electron chi connectivity index (χ4n) is 2.49. The van der Waals surface area contributed by atoms with Crippen LogP contribution in [0.3, 0.4) is 0 Å². The largest absolute Gasteiger partial charge is 0.338 e. The molecule has 2 N–H and O–H groups in total. The zero-order chi connectivity index (χ0) is 13.1. The Kier molecular flexibility index (Phi) is 3.35. The molecule has 0 spiro atoms. The summed E-state index contributed by atoms with van der Waals surface area (Å²) in [4.78, 5) is 13.7. The highest BCUT2D eigenvalue weighted by molar-refractivity contribution is 5.78. The van der Waals surface area contributed by atoms with Crippen molar-refractivity contribution in [2.24, 2.45) is 0 Å². The summed E-state index contributed by atoms with van der Waals surface area (Å²) in [5.74, 6) is 0. The van der Waals surface area contributed by atoms with Crippen LogP contribution in [0.1, 0.15) is 18.4 Å². The van der Waals surface area contributed by atoms with Gasteiger partial charge < -0.3 is 10.2 Å². The summed E-state index contributed by atoms with van der Waals surface area (Å²) < 4.78 is 0. The number of H-pyrrole nitrogens is 1. The number of aromatic amines is 1. The van der Waals surface area contributed by atoms with Gasteiger partial charge >= 0.3 is 6.03 Å². The van der Waals surface area contributed by atoms with E-state index < -0.39 is 0 Å². The Morgan fingerprint density at radius 2 is 2.21 bits per heavy atom. The van der Waals surface area contributed by atoms with Crippen LogP contribution in [0.5, 0.6) is 0 Å². The third kappa shape index (κ3) is 2.70. The quantitative estimate of drug-likeness (QED) is 0.883. The maximum Gasteiger partial charge on any atom is 0.317 e. The van der Waals surface area contributed by atoms with Gasteiger partial charge in [-0.3, -0.25) is 5.10 Å². The number of rotatable bonds is 3. The smallest absolute Gasteiger partial charge is 0.317 e. The Labute approximate surface area is 112 Å². The van der Waals surface area contributed by atoms with Crippen LogP contribution in [0.25, 0.3) is 10.9 Å². The highest BCUT2D eigenvalue weighted by atomic mass is 16.2. The van der Waals surface area contributed by atoms with E-state index in [0.717, 1.165) is 43.3 Å². The fourth-order valence-corrected chi connectivity index (χ4v) is 2.49. The molecule has 2 amide bonds. The maximum absolute atomic E-state index is 11.8. The minimum Gasteiger partial charge on any atom is -0.338 e. The standard InChI is InChI=1S/C14H18N4O/c19-14(18-7-1-2-8-18)15-6-5-11-3-4-12-10-16-17-13(12)9-11/h3-4,9-10H,1-2,5-8H2,(H,15,19)(H,16,17). The van der Waals surface area contributed by atoms with Crippen molar-refractivity contribution in [2.45, 2.75) is 19.3 Å². The number of hydrogen-bond acceptors (Lipinski definition) is 2. The number of hydrogen-bond donors (Lipinski definition) is 2. The lowest BCUT2D eigenvalue weighted by Crippen LogP contribution is -2.38. The maximum atomic E-state index is 11.8. The lowest BCUT2D eigenvalue weighted by molar-refractivity contribution is 0.209. The van der Waals surface area contributed by atoms with Crippen molar-refractivity contribution in [3.05, 3.63) is 30.0 Å². The molecule has 5 heteroatoms. The first-order valence-electron chi connectivity index (χ1n) is 6.78. The third-order valence-electron chi connectivity index (χ3n) is 3.59. The average molecular weight is 258 g/mol. The molecule has 100 valence electrons. The molecule has 1 aliphatic heterocycles. The molecule has 0 atom stereocenters. The Bertz CT molecular complexity index is 572. The minimum atomic E-state index is 0.0696. The minimum absolute atomic E-state index is 0.0696. The van der Waals surface area contributed by atoms with Crippen LogP contribution in [0.2, 0.25) is 0 Å². The predicted octanol–water partition coefficient (Wildman–Crippen LogP) is 1.91. The van der Waals surface area contributed by atoms with Gasteiger partial charge in [-0.05, 0) is 30.9 Å². The van der Waals surface area contributed by atoms with Crippen molar-refractivity contribution in [1.82, 2.24) is 20.4 Å². The first-order valence-corrected chi connectivity index (χ1v) is 6.78. The van der Waals surface area contributed by atoms with Crippen LogP contribution in [0.4, 0.5) is 4.79 Å². The number of carbonyl (C=O) groups is 1. The van der Waals surface area contributed by atoms with E-state index in [1.807, 2.05) is 11.1 Å². The van der Waals surface area contributed by atoms with E-state index in [4.69, 9.17) is 0 Å². The van der Waals surface area contributed by atoms with Gasteiger partial charge in [0.05, 0.1) is 11.7 Å². The molecule has 2 heterocycles. The number of fused-ring (bicyclic) bond motifs is 1. The SMILES string of the molecule is O=C(NCCc1ccc2cn[nH]c2c1)N1CCCC1. The average Bonchev–Trinajstić information content (AvgIpc) is 3.09. The van der Waals surface area contributed by atoms with Gasteiger partial charge in [0.1, 0.15) is 0 Å². The van der Waals surface area contributed by atoms with Gasteiger partial charge in [0.25, 0.3) is 0 Å². The molecule has 0 saturated carbocycles. The third-order valence-corrected chi connectivity index (χ3v) is 3.59. The van der Waals surface area contributed by atoms with Crippen molar-refractivity contribution in [1.29, 1.82) is 0 Å². The van der Waals surface area contributed by atoms with E-state index >= 15 is 0 Å². The van der Waals surface area contributed by atoms with Gasteiger partial charge in [-0.15, -0.1) is 0 Å². The molecule has 1 aromatic heterocycles. The molecule has 0 radical (unpaired) electrons. The number of nitrogens with zero attached hydrogens (tertiary/aromatic N) is 2. The second-order valence-corrected chi connectivity index (χ2v) is 4.97. The number of urea groups is 1. The number of amides is 2. The van der Waals surface area contributed by atoms with Gasteiger partial charge in [0.2, 0.25) is 0 Å². The first-order chi connectivity index (χ1) is 9.33. The number of carbonyl (C=O) groups excluding carboxylic acids is 1. The number of aromatic nitrogens is 2. The van der Waals surface area contributed by atoms with Crippen LogP contribution in [0.15, 0.2) is 24.4 Å². The highest BCUT2D eigenvalue weighted by Crippen LogP contribution is 2.13. The van der Waals surface area contributed by atoms with E-state index in [-0.39, 0.29) is 6.03 Å². The molecule has 1 saturated heterocycles. The van der Waals surface area contributed by atoms with E-state index in [0.29, 0.717) is 6.54 Å². The highest BCUT2D eigenvalue weighted by Gasteiger charge is 2.16. The van der Waals surface area contributed by atoms with E-state index in [1.54, 1.807) is 0 Å². The van der Waals surface area contributed by atoms with Gasteiger partial charge in [0, 0.05) is 25.0 Å². The summed E-state index contributed by atoms with van der Waals surface area (Å²) in [5, 5.41) is 11.1. The van der Waals surface area contributed by atoms with Crippen LogP contribution in [-0.4, -0.2) is 40.8 Å². The number of benzene rings is 1. The zero-order valence-electron chi connectivity index (χ0n) is 10.9. The molecule has 0 unspecified atom stereocenters. The molecular formula is C14H18N4O. The van der Waals surface area contributed by atoms with Gasteiger partial charge in [0.15, 0.2) is 0 Å². The summed E-state index contributed by atoms with van der Waals surface area (Å²) in [6.45, 7) is 2.47. The van der Waals surface area contributed by atoms with Crippen molar-refractivity contribution >= 4 is 16.9 Å². The molecular weight excluding hydrogens is 240 g/mol. The molecule has 5 nitrogen and oxygen atoms in total. The Hall–Kier alpha value is -2.04. The Morgan fingerprint density at radius 3 is 3.05 bits per heavy atom. The van der Waals surface area contributed by atoms with E-state index in [9.17, 15) is 4.79 Å². The van der Waals surface area contributed by atoms with Crippen LogP contribution in [-0.2, 0) is 6.42 Å². The molecule has 19 heavy (non-hydrogen) atoms. The normalized spacial score (nSPS) is 15.1. The molecule has 2 aromatic rings. The predicted molar refractivity (Wildman–Crippen MR) is 74.0 cm³/mol. The zero-order valence-corrected chi connectivity index (χ0v) is 10.9. The summed E-state index contributed by atoms with van der Waals surface area (Å²) in [6, 6.07) is 6.29. The number of likely N-dealkylation sites (tertiary alicyclic amines) is 1. The van der Waals surface area contributed by atoms with Crippen LogP contribution >= 0.6 is 0 Å². The summed E-state index contributed by atoms with van der Waals surface area (Å²) in [6.07, 6.45) is 4.91. The first kappa shape index (κ1) is 12.0. The van der Waals surface area contributed by atoms with Crippen LogP contribution in [0, 0.1) is 0 Å². The van der Waals surface area contributed by atoms with E-state index in [1.165, 1.54) is 5.56 Å².